The summed E-state index contributed by atoms with van der Waals surface area (Å²) in [5.41, 5.74) is 0.778. The van der Waals surface area contributed by atoms with E-state index in [9.17, 15) is 13.2 Å². The lowest BCUT2D eigenvalue weighted by molar-refractivity contribution is -0.119. The van der Waals surface area contributed by atoms with Gasteiger partial charge in [-0.15, -0.1) is 0 Å². The molecule has 2 aliphatic rings. The van der Waals surface area contributed by atoms with Crippen LogP contribution in [0.25, 0.3) is 0 Å². The van der Waals surface area contributed by atoms with E-state index in [4.69, 9.17) is 9.47 Å². The molecule has 0 unspecified atom stereocenters. The Bertz CT molecular complexity index is 1010. The standard InChI is InChI=1S/C22H29N3O5S/c1-29-20-16-18(6-7-19(20)25-12-4-5-15-31(25,27)28)23-21(26)17-22(8-13-30-14-9-22)24-10-2-3-11-24/h2-3,6-7,10-11,16H,4-5,8-9,12-15,17H2,1H3,(H,23,26). The molecule has 0 bridgehead atoms. The fourth-order valence-electron chi connectivity index (χ4n) is 4.45. The van der Waals surface area contributed by atoms with Crippen molar-refractivity contribution in [2.75, 3.05) is 42.2 Å². The molecule has 31 heavy (non-hydrogen) atoms. The molecule has 1 N–H and O–H groups in total. The average Bonchev–Trinajstić information content (AvgIpc) is 3.30. The van der Waals surface area contributed by atoms with Crippen LogP contribution in [0.1, 0.15) is 32.1 Å². The fraction of sp³-hybridized carbons (Fsp3) is 0.500. The zero-order chi connectivity index (χ0) is 21.9. The summed E-state index contributed by atoms with van der Waals surface area (Å²) in [4.78, 5) is 13.0. The predicted molar refractivity (Wildman–Crippen MR) is 119 cm³/mol. The number of hydrogen-bond donors (Lipinski definition) is 1. The van der Waals surface area contributed by atoms with Gasteiger partial charge in [0.05, 0.1) is 30.5 Å². The first-order valence-corrected chi connectivity index (χ1v) is 12.2. The van der Waals surface area contributed by atoms with Gasteiger partial charge in [-0.05, 0) is 49.9 Å². The molecule has 0 saturated carbocycles. The second kappa shape index (κ2) is 8.92. The van der Waals surface area contributed by atoms with Crippen molar-refractivity contribution in [3.63, 3.8) is 0 Å². The molecule has 1 aromatic carbocycles. The molecule has 0 radical (unpaired) electrons. The zero-order valence-electron chi connectivity index (χ0n) is 17.7. The topological polar surface area (TPSA) is 89.9 Å². The Morgan fingerprint density at radius 2 is 1.94 bits per heavy atom. The van der Waals surface area contributed by atoms with E-state index in [1.165, 1.54) is 11.4 Å². The van der Waals surface area contributed by atoms with Gasteiger partial charge in [-0.3, -0.25) is 9.10 Å². The number of rotatable bonds is 6. The molecule has 4 rings (SSSR count). The molecule has 0 spiro atoms. The van der Waals surface area contributed by atoms with Crippen LogP contribution in [0.15, 0.2) is 42.7 Å². The second-order valence-electron chi connectivity index (χ2n) is 8.13. The van der Waals surface area contributed by atoms with Gasteiger partial charge < -0.3 is 19.4 Å². The molecule has 168 valence electrons. The molecular weight excluding hydrogens is 418 g/mol. The van der Waals surface area contributed by atoms with Crippen LogP contribution >= 0.6 is 0 Å². The Hall–Kier alpha value is -2.52. The number of aromatic nitrogens is 1. The molecule has 0 atom stereocenters. The molecule has 2 fully saturated rings. The fourth-order valence-corrected chi connectivity index (χ4v) is 6.10. The summed E-state index contributed by atoms with van der Waals surface area (Å²) in [5.74, 6) is 0.463. The number of carbonyl (C=O) groups is 1. The average molecular weight is 448 g/mol. The smallest absolute Gasteiger partial charge is 0.235 e. The van der Waals surface area contributed by atoms with Crippen LogP contribution in [0.2, 0.25) is 0 Å². The van der Waals surface area contributed by atoms with E-state index in [-0.39, 0.29) is 17.2 Å². The van der Waals surface area contributed by atoms with Gasteiger partial charge in [0, 0.05) is 43.9 Å². The largest absolute Gasteiger partial charge is 0.494 e. The highest BCUT2D eigenvalue weighted by Crippen LogP contribution is 2.36. The zero-order valence-corrected chi connectivity index (χ0v) is 18.6. The van der Waals surface area contributed by atoms with Gasteiger partial charge >= 0.3 is 0 Å². The van der Waals surface area contributed by atoms with Crippen molar-refractivity contribution in [2.24, 2.45) is 0 Å². The summed E-state index contributed by atoms with van der Waals surface area (Å²) >= 11 is 0. The summed E-state index contributed by atoms with van der Waals surface area (Å²) in [6.45, 7) is 1.68. The highest BCUT2D eigenvalue weighted by atomic mass is 32.2. The maximum absolute atomic E-state index is 13.0. The minimum atomic E-state index is -3.35. The monoisotopic (exact) mass is 447 g/mol. The van der Waals surface area contributed by atoms with Gasteiger partial charge in [0.2, 0.25) is 15.9 Å². The van der Waals surface area contributed by atoms with E-state index < -0.39 is 10.0 Å². The molecule has 2 saturated heterocycles. The van der Waals surface area contributed by atoms with Gasteiger partial charge in [-0.2, -0.15) is 0 Å². The molecular formula is C22H29N3O5S. The van der Waals surface area contributed by atoms with Crippen LogP contribution in [0.5, 0.6) is 5.75 Å². The number of nitrogens with zero attached hydrogens (tertiary/aromatic N) is 2. The lowest BCUT2D eigenvalue weighted by Crippen LogP contribution is -2.42. The molecule has 0 aliphatic carbocycles. The second-order valence-corrected chi connectivity index (χ2v) is 10.1. The van der Waals surface area contributed by atoms with Gasteiger partial charge in [-0.1, -0.05) is 0 Å². The summed E-state index contributed by atoms with van der Waals surface area (Å²) in [6, 6.07) is 9.05. The Balaban J connectivity index is 1.52. The van der Waals surface area contributed by atoms with E-state index >= 15 is 0 Å². The maximum atomic E-state index is 13.0. The number of anilines is 2. The number of sulfonamides is 1. The van der Waals surface area contributed by atoms with Gasteiger partial charge in [-0.25, -0.2) is 8.42 Å². The van der Waals surface area contributed by atoms with Crippen molar-refractivity contribution in [3.05, 3.63) is 42.7 Å². The molecule has 2 aliphatic heterocycles. The first-order chi connectivity index (χ1) is 14.9. The van der Waals surface area contributed by atoms with Crippen LogP contribution in [-0.2, 0) is 25.1 Å². The van der Waals surface area contributed by atoms with Crippen LogP contribution in [-0.4, -0.2) is 51.5 Å². The quantitative estimate of drug-likeness (QED) is 0.735. The summed E-state index contributed by atoms with van der Waals surface area (Å²) in [7, 11) is -1.84. The number of carbonyl (C=O) groups excluding carboxylic acids is 1. The normalized spacial score (nSPS) is 20.2. The minimum Gasteiger partial charge on any atom is -0.494 e. The highest BCUT2D eigenvalue weighted by molar-refractivity contribution is 7.92. The molecule has 2 aromatic rings. The maximum Gasteiger partial charge on any atom is 0.235 e. The third-order valence-electron chi connectivity index (χ3n) is 6.15. The summed E-state index contributed by atoms with van der Waals surface area (Å²) in [5, 5.41) is 2.96. The Morgan fingerprint density at radius 1 is 1.19 bits per heavy atom. The van der Waals surface area contributed by atoms with E-state index in [1.54, 1.807) is 18.2 Å². The molecule has 3 heterocycles. The first-order valence-electron chi connectivity index (χ1n) is 10.6. The van der Waals surface area contributed by atoms with E-state index in [1.807, 2.05) is 24.5 Å². The minimum absolute atomic E-state index is 0.101. The lowest BCUT2D eigenvalue weighted by Gasteiger charge is -2.38. The van der Waals surface area contributed by atoms with E-state index in [2.05, 4.69) is 9.88 Å². The van der Waals surface area contributed by atoms with Crippen LogP contribution in [0.3, 0.4) is 0 Å². The third-order valence-corrected chi connectivity index (χ3v) is 8.00. The number of hydrogen-bond acceptors (Lipinski definition) is 5. The highest BCUT2D eigenvalue weighted by Gasteiger charge is 2.36. The predicted octanol–water partition coefficient (Wildman–Crippen LogP) is 2.96. The van der Waals surface area contributed by atoms with Crippen LogP contribution in [0, 0.1) is 0 Å². The van der Waals surface area contributed by atoms with Gasteiger partial charge in [0.1, 0.15) is 5.75 Å². The van der Waals surface area contributed by atoms with Crippen molar-refractivity contribution in [2.45, 2.75) is 37.6 Å². The lowest BCUT2D eigenvalue weighted by atomic mass is 9.86. The van der Waals surface area contributed by atoms with E-state index in [0.717, 1.165) is 19.3 Å². The number of benzene rings is 1. The Morgan fingerprint density at radius 3 is 2.61 bits per heavy atom. The third kappa shape index (κ3) is 4.57. The molecule has 9 heteroatoms. The van der Waals surface area contributed by atoms with Gasteiger partial charge in [0.25, 0.3) is 0 Å². The summed E-state index contributed by atoms with van der Waals surface area (Å²) < 4.78 is 39.4. The van der Waals surface area contributed by atoms with Crippen molar-refractivity contribution in [1.29, 1.82) is 0 Å². The van der Waals surface area contributed by atoms with Crippen LogP contribution in [0.4, 0.5) is 11.4 Å². The Kier molecular flexibility index (Phi) is 6.24. The summed E-state index contributed by atoms with van der Waals surface area (Å²) in [6.07, 6.45) is 7.34. The SMILES string of the molecule is COc1cc(NC(=O)CC2(n3cccc3)CCOCC2)ccc1N1CCCCS1(=O)=O. The van der Waals surface area contributed by atoms with Crippen molar-refractivity contribution >= 4 is 27.3 Å². The van der Waals surface area contributed by atoms with E-state index in [0.29, 0.717) is 49.7 Å². The number of amides is 1. The first kappa shape index (κ1) is 21.7. The molecule has 8 nitrogen and oxygen atoms in total. The van der Waals surface area contributed by atoms with Crippen molar-refractivity contribution in [3.8, 4) is 5.75 Å². The van der Waals surface area contributed by atoms with Crippen molar-refractivity contribution < 1.29 is 22.7 Å². The number of methoxy groups -OCH3 is 1. The van der Waals surface area contributed by atoms with Gasteiger partial charge in [0.15, 0.2) is 0 Å². The van der Waals surface area contributed by atoms with Crippen molar-refractivity contribution in [1.82, 2.24) is 4.57 Å². The van der Waals surface area contributed by atoms with Crippen LogP contribution < -0.4 is 14.4 Å². The molecule has 1 aromatic heterocycles. The number of nitrogens with one attached hydrogen (secondary N) is 1. The molecule has 1 amide bonds. The number of ether oxygens (including phenoxy) is 2. The Labute approximate surface area is 183 Å².